The molecule has 1 atom stereocenters. The number of allylic oxidation sites excluding steroid dienone is 4. The second-order valence-corrected chi connectivity index (χ2v) is 24.2. The molecule has 78 heavy (non-hydrogen) atoms. The first-order valence-corrected chi connectivity index (χ1v) is 35.3. The summed E-state index contributed by atoms with van der Waals surface area (Å²) in [5.74, 6) is -0.835. The fraction of sp³-hybridized carbons (Fsp3) is 0.903. The van der Waals surface area contributed by atoms with E-state index >= 15 is 0 Å². The Hall–Kier alpha value is -2.11. The SMILES string of the molecule is CCCCCCC/C=C\C/C=C\CCCCCCCCCCCC(=O)OCC(COC(=O)CCCCCCCCCCCCCCCCCCCCC)OC(=O)CCCCCCCCCCCCCCCCCCCCCC. The van der Waals surface area contributed by atoms with Crippen LogP contribution < -0.4 is 0 Å². The van der Waals surface area contributed by atoms with Crippen LogP contribution in [0, 0.1) is 0 Å². The maximum Gasteiger partial charge on any atom is 0.306 e. The monoisotopic (exact) mass is 1100 g/mol. The Kier molecular flexibility index (Phi) is 65.6. The third-order valence-electron chi connectivity index (χ3n) is 16.2. The first-order chi connectivity index (χ1) is 38.5. The molecule has 0 spiro atoms. The fourth-order valence-corrected chi connectivity index (χ4v) is 10.9. The zero-order valence-corrected chi connectivity index (χ0v) is 53.0. The second kappa shape index (κ2) is 67.4. The van der Waals surface area contributed by atoms with Gasteiger partial charge in [-0.15, -0.1) is 0 Å². The van der Waals surface area contributed by atoms with Gasteiger partial charge in [-0.05, 0) is 51.4 Å². The highest BCUT2D eigenvalue weighted by molar-refractivity contribution is 5.71. The van der Waals surface area contributed by atoms with Crippen LogP contribution >= 0.6 is 0 Å². The number of unbranched alkanes of at least 4 members (excludes halogenated alkanes) is 51. The van der Waals surface area contributed by atoms with Gasteiger partial charge in [0.25, 0.3) is 0 Å². The Labute approximate surface area is 487 Å². The van der Waals surface area contributed by atoms with E-state index in [-0.39, 0.29) is 31.1 Å². The van der Waals surface area contributed by atoms with E-state index < -0.39 is 6.10 Å². The van der Waals surface area contributed by atoms with E-state index in [0.29, 0.717) is 19.3 Å². The molecule has 0 saturated carbocycles. The van der Waals surface area contributed by atoms with Gasteiger partial charge in [0, 0.05) is 19.3 Å². The summed E-state index contributed by atoms with van der Waals surface area (Å²) in [6.45, 7) is 6.72. The maximum atomic E-state index is 13.0. The number of hydrogen-bond acceptors (Lipinski definition) is 6. The van der Waals surface area contributed by atoms with Gasteiger partial charge in [0.05, 0.1) is 0 Å². The Morgan fingerprint density at radius 2 is 0.462 bits per heavy atom. The Morgan fingerprint density at radius 3 is 0.705 bits per heavy atom. The standard InChI is InChI=1S/C72H136O6/c1-4-7-10-13-16-19-22-25-28-31-34-36-39-41-44-47-50-53-56-59-62-65-71(74)77-68-69(67-76-70(73)64-61-58-55-52-49-46-43-40-37-33-30-27-24-21-18-15-12-9-6-3)78-72(75)66-63-60-57-54-51-48-45-42-38-35-32-29-26-23-20-17-14-11-8-5-2/h22,25,31,34,69H,4-21,23-24,26-30,32-33,35-68H2,1-3H3/b25-22-,34-31-. The molecule has 0 aliphatic heterocycles. The summed E-state index contributed by atoms with van der Waals surface area (Å²) in [5, 5.41) is 0. The highest BCUT2D eigenvalue weighted by atomic mass is 16.6. The molecule has 6 nitrogen and oxygen atoms in total. The van der Waals surface area contributed by atoms with Gasteiger partial charge in [-0.2, -0.15) is 0 Å². The normalized spacial score (nSPS) is 12.1. The van der Waals surface area contributed by atoms with Gasteiger partial charge in [0.2, 0.25) is 0 Å². The van der Waals surface area contributed by atoms with Crippen molar-refractivity contribution in [1.29, 1.82) is 0 Å². The van der Waals surface area contributed by atoms with Crippen LogP contribution in [-0.2, 0) is 28.6 Å². The van der Waals surface area contributed by atoms with Crippen LogP contribution in [-0.4, -0.2) is 37.2 Å². The summed E-state index contributed by atoms with van der Waals surface area (Å²) in [5.41, 5.74) is 0. The minimum absolute atomic E-state index is 0.0656. The average Bonchev–Trinajstić information content (AvgIpc) is 3.44. The third kappa shape index (κ3) is 64.7. The molecule has 460 valence electrons. The predicted octanol–water partition coefficient (Wildman–Crippen LogP) is 24.2. The number of esters is 3. The maximum absolute atomic E-state index is 13.0. The molecule has 0 heterocycles. The molecule has 0 saturated heterocycles. The zero-order chi connectivity index (χ0) is 56.4. The molecule has 1 unspecified atom stereocenters. The van der Waals surface area contributed by atoms with Crippen LogP contribution in [0.15, 0.2) is 24.3 Å². The summed E-state index contributed by atoms with van der Waals surface area (Å²) in [7, 11) is 0. The quantitative estimate of drug-likeness (QED) is 0.0261. The number of rotatable bonds is 66. The third-order valence-corrected chi connectivity index (χ3v) is 16.2. The molecule has 0 radical (unpaired) electrons. The summed E-state index contributed by atoms with van der Waals surface area (Å²) in [4.78, 5) is 38.5. The fourth-order valence-electron chi connectivity index (χ4n) is 10.9. The van der Waals surface area contributed by atoms with Crippen LogP contribution in [0.4, 0.5) is 0 Å². The first-order valence-electron chi connectivity index (χ1n) is 35.3. The summed E-state index contributed by atoms with van der Waals surface area (Å²) in [6, 6.07) is 0. The topological polar surface area (TPSA) is 78.9 Å². The van der Waals surface area contributed by atoms with Crippen molar-refractivity contribution in [1.82, 2.24) is 0 Å². The molecule has 0 amide bonds. The molecule has 0 aliphatic rings. The van der Waals surface area contributed by atoms with Gasteiger partial charge in [-0.3, -0.25) is 14.4 Å². The number of carbonyl (C=O) groups is 3. The molecule has 0 rings (SSSR count). The lowest BCUT2D eigenvalue weighted by Gasteiger charge is -2.18. The molecule has 6 heteroatoms. The van der Waals surface area contributed by atoms with E-state index in [1.54, 1.807) is 0 Å². The largest absolute Gasteiger partial charge is 0.462 e. The first kappa shape index (κ1) is 75.9. The van der Waals surface area contributed by atoms with Crippen molar-refractivity contribution in [2.24, 2.45) is 0 Å². The summed E-state index contributed by atoms with van der Waals surface area (Å²) in [6.07, 6.45) is 82.0. The summed E-state index contributed by atoms with van der Waals surface area (Å²) < 4.78 is 17.0. The van der Waals surface area contributed by atoms with Gasteiger partial charge < -0.3 is 14.2 Å². The van der Waals surface area contributed by atoms with Gasteiger partial charge in [-0.1, -0.05) is 353 Å². The molecule has 0 fully saturated rings. The molecule has 0 aromatic rings. The molecule has 0 aliphatic carbocycles. The minimum atomic E-state index is -0.770. The Morgan fingerprint density at radius 1 is 0.256 bits per heavy atom. The zero-order valence-electron chi connectivity index (χ0n) is 53.0. The van der Waals surface area contributed by atoms with Crippen LogP contribution in [0.1, 0.15) is 400 Å². The van der Waals surface area contributed by atoms with E-state index in [0.717, 1.165) is 64.2 Å². The van der Waals surface area contributed by atoms with Crippen molar-refractivity contribution in [3.05, 3.63) is 24.3 Å². The number of hydrogen-bond donors (Lipinski definition) is 0. The van der Waals surface area contributed by atoms with E-state index in [1.807, 2.05) is 0 Å². The second-order valence-electron chi connectivity index (χ2n) is 24.2. The van der Waals surface area contributed by atoms with Crippen LogP contribution in [0.5, 0.6) is 0 Å². The van der Waals surface area contributed by atoms with Crippen molar-refractivity contribution >= 4 is 17.9 Å². The van der Waals surface area contributed by atoms with Gasteiger partial charge in [0.1, 0.15) is 13.2 Å². The average molecular weight is 1100 g/mol. The lowest BCUT2D eigenvalue weighted by Crippen LogP contribution is -2.30. The van der Waals surface area contributed by atoms with Crippen LogP contribution in [0.3, 0.4) is 0 Å². The molecular weight excluding hydrogens is 961 g/mol. The van der Waals surface area contributed by atoms with E-state index in [4.69, 9.17) is 14.2 Å². The highest BCUT2D eigenvalue weighted by Crippen LogP contribution is 2.19. The molecule has 0 N–H and O–H groups in total. The highest BCUT2D eigenvalue weighted by Gasteiger charge is 2.19. The number of carbonyl (C=O) groups excluding carboxylic acids is 3. The molecule has 0 aromatic carbocycles. The Bertz CT molecular complexity index is 1260. The van der Waals surface area contributed by atoms with Gasteiger partial charge in [-0.25, -0.2) is 0 Å². The van der Waals surface area contributed by atoms with Crippen LogP contribution in [0.25, 0.3) is 0 Å². The minimum Gasteiger partial charge on any atom is -0.462 e. The van der Waals surface area contributed by atoms with Gasteiger partial charge in [0.15, 0.2) is 6.10 Å². The smallest absolute Gasteiger partial charge is 0.306 e. The van der Waals surface area contributed by atoms with E-state index in [1.165, 1.54) is 295 Å². The molecule has 0 bridgehead atoms. The van der Waals surface area contributed by atoms with Crippen molar-refractivity contribution in [3.8, 4) is 0 Å². The lowest BCUT2D eigenvalue weighted by atomic mass is 10.0. The number of ether oxygens (including phenoxy) is 3. The van der Waals surface area contributed by atoms with Crippen molar-refractivity contribution in [2.75, 3.05) is 13.2 Å². The van der Waals surface area contributed by atoms with E-state index in [9.17, 15) is 14.4 Å². The van der Waals surface area contributed by atoms with Crippen molar-refractivity contribution in [2.45, 2.75) is 406 Å². The molecular formula is C72H136O6. The predicted molar refractivity (Wildman–Crippen MR) is 340 cm³/mol. The van der Waals surface area contributed by atoms with E-state index in [2.05, 4.69) is 45.1 Å². The molecule has 0 aromatic heterocycles. The summed E-state index contributed by atoms with van der Waals surface area (Å²) >= 11 is 0. The van der Waals surface area contributed by atoms with Crippen LogP contribution in [0.2, 0.25) is 0 Å². The van der Waals surface area contributed by atoms with Gasteiger partial charge >= 0.3 is 17.9 Å². The Balaban J connectivity index is 4.31. The van der Waals surface area contributed by atoms with Crippen molar-refractivity contribution < 1.29 is 28.6 Å². The van der Waals surface area contributed by atoms with Crippen molar-refractivity contribution in [3.63, 3.8) is 0 Å². The lowest BCUT2D eigenvalue weighted by molar-refractivity contribution is -0.167.